The second-order valence-corrected chi connectivity index (χ2v) is 6.73. The molecule has 0 aliphatic rings. The molecule has 1 heterocycles. The fraction of sp³-hybridized carbons (Fsp3) is 0.0588. The number of anilines is 2. The number of aromatic nitrogens is 2. The third-order valence-corrected chi connectivity index (χ3v) is 4.43. The van der Waals surface area contributed by atoms with Gasteiger partial charge in [-0.3, -0.25) is 4.68 Å². The minimum atomic E-state index is -0.311. The van der Waals surface area contributed by atoms with Gasteiger partial charge in [0.25, 0.3) is 0 Å². The molecule has 0 radical (unpaired) electrons. The molecule has 1 aromatic heterocycles. The Morgan fingerprint density at radius 1 is 1.12 bits per heavy atom. The van der Waals surface area contributed by atoms with E-state index in [0.717, 1.165) is 14.8 Å². The van der Waals surface area contributed by atoms with Gasteiger partial charge in [-0.15, -0.1) is 0 Å². The number of aryl methyl sites for hydroxylation is 1. The maximum absolute atomic E-state index is 12.1. The van der Waals surface area contributed by atoms with Gasteiger partial charge in [0.1, 0.15) is 0 Å². The van der Waals surface area contributed by atoms with Crippen molar-refractivity contribution in [2.75, 3.05) is 10.6 Å². The first-order valence-electron chi connectivity index (χ1n) is 7.14. The van der Waals surface area contributed by atoms with Gasteiger partial charge in [-0.2, -0.15) is 5.10 Å². The van der Waals surface area contributed by atoms with E-state index in [1.54, 1.807) is 24.3 Å². The number of nitrogens with zero attached hydrogens (tertiary/aromatic N) is 2. The predicted molar refractivity (Wildman–Crippen MR) is 105 cm³/mol. The number of carbonyl (C=O) groups is 1. The van der Waals surface area contributed by atoms with E-state index in [1.807, 2.05) is 42.2 Å². The van der Waals surface area contributed by atoms with E-state index in [4.69, 9.17) is 11.6 Å². The van der Waals surface area contributed by atoms with Gasteiger partial charge in [0.2, 0.25) is 0 Å². The first kappa shape index (κ1) is 16.8. The molecule has 0 atom stereocenters. The summed E-state index contributed by atoms with van der Waals surface area (Å²) in [6.45, 7) is 0. The first-order valence-corrected chi connectivity index (χ1v) is 8.60. The lowest BCUT2D eigenvalue weighted by Crippen LogP contribution is -2.19. The van der Waals surface area contributed by atoms with Crippen molar-refractivity contribution in [3.63, 3.8) is 0 Å². The van der Waals surface area contributed by atoms with Crippen molar-refractivity contribution in [2.24, 2.45) is 7.05 Å². The van der Waals surface area contributed by atoms with Crippen LogP contribution in [0.4, 0.5) is 16.2 Å². The van der Waals surface area contributed by atoms with Crippen molar-refractivity contribution in [3.8, 4) is 11.3 Å². The summed E-state index contributed by atoms with van der Waals surface area (Å²) in [7, 11) is 1.89. The number of urea groups is 1. The van der Waals surface area contributed by atoms with E-state index in [-0.39, 0.29) is 6.03 Å². The number of hydrogen-bond donors (Lipinski definition) is 2. The monoisotopic (exact) mass is 452 g/mol. The summed E-state index contributed by atoms with van der Waals surface area (Å²) in [5, 5.41) is 10.5. The van der Waals surface area contributed by atoms with Crippen molar-refractivity contribution in [1.82, 2.24) is 9.78 Å². The molecule has 5 nitrogen and oxygen atoms in total. The average molecular weight is 453 g/mol. The number of carbonyl (C=O) groups excluding carboxylic acids is 1. The summed E-state index contributed by atoms with van der Waals surface area (Å²) < 4.78 is 2.87. The highest BCUT2D eigenvalue weighted by molar-refractivity contribution is 14.1. The Morgan fingerprint density at radius 2 is 1.83 bits per heavy atom. The summed E-state index contributed by atoms with van der Waals surface area (Å²) in [5.41, 5.74) is 3.38. The molecule has 2 N–H and O–H groups in total. The van der Waals surface area contributed by atoms with Crippen LogP contribution in [0.25, 0.3) is 11.3 Å². The van der Waals surface area contributed by atoms with Gasteiger partial charge in [0, 0.05) is 29.0 Å². The lowest BCUT2D eigenvalue weighted by Gasteiger charge is -2.10. The molecule has 0 bridgehead atoms. The summed E-state index contributed by atoms with van der Waals surface area (Å²) in [6, 6.07) is 14.3. The zero-order valence-electron chi connectivity index (χ0n) is 12.8. The molecule has 2 aromatic carbocycles. The molecule has 3 aromatic rings. The first-order chi connectivity index (χ1) is 11.5. The Morgan fingerprint density at radius 3 is 2.50 bits per heavy atom. The smallest absolute Gasteiger partial charge is 0.308 e. The highest BCUT2D eigenvalue weighted by Crippen LogP contribution is 2.26. The Bertz CT molecular complexity index is 857. The van der Waals surface area contributed by atoms with Gasteiger partial charge in [0.15, 0.2) is 0 Å². The van der Waals surface area contributed by atoms with Crippen LogP contribution in [0.5, 0.6) is 0 Å². The molecule has 0 spiro atoms. The van der Waals surface area contributed by atoms with Crippen LogP contribution in [0.2, 0.25) is 5.02 Å². The van der Waals surface area contributed by atoms with Crippen LogP contribution in [0.3, 0.4) is 0 Å². The largest absolute Gasteiger partial charge is 0.323 e. The zero-order chi connectivity index (χ0) is 17.1. The number of halogens is 2. The van der Waals surface area contributed by atoms with Gasteiger partial charge in [-0.1, -0.05) is 23.7 Å². The highest BCUT2D eigenvalue weighted by atomic mass is 127. The molecule has 122 valence electrons. The molecule has 7 heteroatoms. The van der Waals surface area contributed by atoms with Gasteiger partial charge in [-0.25, -0.2) is 4.79 Å². The minimum absolute atomic E-state index is 0.311. The van der Waals surface area contributed by atoms with Crippen molar-refractivity contribution in [1.29, 1.82) is 0 Å². The average Bonchev–Trinajstić information content (AvgIpc) is 2.89. The molecular weight excluding hydrogens is 439 g/mol. The van der Waals surface area contributed by atoms with Crippen LogP contribution in [0, 0.1) is 3.57 Å². The standard InChI is InChI=1S/C17H14ClIN4O/c1-23-16(15(19)10-20-23)11-3-2-4-14(9-11)22-17(24)21-13-7-5-12(18)6-8-13/h2-10H,1H3,(H2,21,22,24). The Labute approximate surface area is 158 Å². The van der Waals surface area contributed by atoms with E-state index in [2.05, 4.69) is 38.3 Å². The second-order valence-electron chi connectivity index (χ2n) is 5.13. The molecule has 0 saturated heterocycles. The molecule has 24 heavy (non-hydrogen) atoms. The van der Waals surface area contributed by atoms with Crippen molar-refractivity contribution < 1.29 is 4.79 Å². The quantitative estimate of drug-likeness (QED) is 0.550. The van der Waals surface area contributed by atoms with Crippen LogP contribution in [0.1, 0.15) is 0 Å². The molecular formula is C17H14ClIN4O. The van der Waals surface area contributed by atoms with Crippen LogP contribution < -0.4 is 10.6 Å². The molecule has 2 amide bonds. The lowest BCUT2D eigenvalue weighted by atomic mass is 10.1. The number of benzene rings is 2. The van der Waals surface area contributed by atoms with Crippen LogP contribution in [-0.2, 0) is 7.05 Å². The van der Waals surface area contributed by atoms with Gasteiger partial charge in [0.05, 0.1) is 15.5 Å². The Kier molecular flexibility index (Phi) is 5.06. The lowest BCUT2D eigenvalue weighted by molar-refractivity contribution is 0.262. The number of amides is 2. The third kappa shape index (κ3) is 3.88. The summed E-state index contributed by atoms with van der Waals surface area (Å²) in [4.78, 5) is 12.1. The summed E-state index contributed by atoms with van der Waals surface area (Å²) in [6.07, 6.45) is 1.81. The minimum Gasteiger partial charge on any atom is -0.308 e. The molecule has 0 unspecified atom stereocenters. The molecule has 0 aliphatic carbocycles. The molecule has 0 fully saturated rings. The van der Waals surface area contributed by atoms with Gasteiger partial charge >= 0.3 is 6.03 Å². The van der Waals surface area contributed by atoms with E-state index >= 15 is 0 Å². The van der Waals surface area contributed by atoms with Crippen molar-refractivity contribution >= 4 is 51.6 Å². The van der Waals surface area contributed by atoms with E-state index < -0.39 is 0 Å². The van der Waals surface area contributed by atoms with Gasteiger partial charge < -0.3 is 10.6 Å². The van der Waals surface area contributed by atoms with Crippen LogP contribution in [-0.4, -0.2) is 15.8 Å². The molecule has 3 rings (SSSR count). The van der Waals surface area contributed by atoms with Crippen molar-refractivity contribution in [3.05, 3.63) is 63.3 Å². The number of nitrogens with one attached hydrogen (secondary N) is 2. The number of hydrogen-bond acceptors (Lipinski definition) is 2. The van der Waals surface area contributed by atoms with Crippen LogP contribution >= 0.6 is 34.2 Å². The maximum atomic E-state index is 12.1. The van der Waals surface area contributed by atoms with Gasteiger partial charge in [-0.05, 0) is 59.0 Å². The molecule has 0 saturated carbocycles. The van der Waals surface area contributed by atoms with E-state index in [0.29, 0.717) is 16.4 Å². The van der Waals surface area contributed by atoms with Crippen LogP contribution in [0.15, 0.2) is 54.7 Å². The Hall–Kier alpha value is -2.06. The normalized spacial score (nSPS) is 10.5. The maximum Gasteiger partial charge on any atom is 0.323 e. The Balaban J connectivity index is 1.75. The van der Waals surface area contributed by atoms with E-state index in [1.165, 1.54) is 0 Å². The topological polar surface area (TPSA) is 59.0 Å². The predicted octanol–water partition coefficient (Wildman–Crippen LogP) is 4.99. The number of rotatable bonds is 3. The van der Waals surface area contributed by atoms with Crippen molar-refractivity contribution in [2.45, 2.75) is 0 Å². The summed E-state index contributed by atoms with van der Waals surface area (Å²) >= 11 is 8.08. The SMILES string of the molecule is Cn1ncc(I)c1-c1cccc(NC(=O)Nc2ccc(Cl)cc2)c1. The summed E-state index contributed by atoms with van der Waals surface area (Å²) in [5.74, 6) is 0. The zero-order valence-corrected chi connectivity index (χ0v) is 15.7. The second kappa shape index (κ2) is 7.23. The fourth-order valence-corrected chi connectivity index (χ4v) is 3.22. The fourth-order valence-electron chi connectivity index (χ4n) is 2.31. The molecule has 0 aliphatic heterocycles. The highest BCUT2D eigenvalue weighted by Gasteiger charge is 2.10. The van der Waals surface area contributed by atoms with E-state index in [9.17, 15) is 4.79 Å². The third-order valence-electron chi connectivity index (χ3n) is 3.39.